The first-order valence-electron chi connectivity index (χ1n) is 6.51. The van der Waals surface area contributed by atoms with Crippen LogP contribution in [-0.4, -0.2) is 42.8 Å². The zero-order chi connectivity index (χ0) is 12.7. The SMILES string of the molecule is C[C@@H]1CN(C(=O)OC(C)(C)C)CCC12CNC2.Cl. The van der Waals surface area contributed by atoms with Gasteiger partial charge in [-0.05, 0) is 33.1 Å². The van der Waals surface area contributed by atoms with Crippen molar-refractivity contribution in [2.24, 2.45) is 11.3 Å². The van der Waals surface area contributed by atoms with Crippen LogP contribution >= 0.6 is 12.4 Å². The number of carbonyl (C=O) groups is 1. The summed E-state index contributed by atoms with van der Waals surface area (Å²) >= 11 is 0. The lowest BCUT2D eigenvalue weighted by molar-refractivity contribution is -0.0230. The minimum Gasteiger partial charge on any atom is -0.444 e. The smallest absolute Gasteiger partial charge is 0.410 e. The van der Waals surface area contributed by atoms with E-state index in [4.69, 9.17) is 4.74 Å². The molecule has 2 heterocycles. The van der Waals surface area contributed by atoms with Gasteiger partial charge in [-0.25, -0.2) is 4.79 Å². The number of piperidine rings is 1. The van der Waals surface area contributed by atoms with E-state index in [0.717, 1.165) is 32.6 Å². The van der Waals surface area contributed by atoms with Crippen molar-refractivity contribution >= 4 is 18.5 Å². The zero-order valence-electron chi connectivity index (χ0n) is 11.8. The standard InChI is InChI=1S/C13H24N2O2.ClH/c1-10-7-15(11(16)17-12(2,3)4)6-5-13(10)8-14-9-13;/h10,14H,5-9H2,1-4H3;1H/t10-;/m1./s1. The van der Waals surface area contributed by atoms with E-state index in [1.807, 2.05) is 25.7 Å². The highest BCUT2D eigenvalue weighted by Crippen LogP contribution is 2.39. The Bertz CT molecular complexity index is 311. The van der Waals surface area contributed by atoms with Crippen LogP contribution in [0, 0.1) is 11.3 Å². The first kappa shape index (κ1) is 15.6. The van der Waals surface area contributed by atoms with Crippen LogP contribution in [0.1, 0.15) is 34.1 Å². The molecule has 5 heteroatoms. The van der Waals surface area contributed by atoms with Crippen molar-refractivity contribution in [3.63, 3.8) is 0 Å². The monoisotopic (exact) mass is 276 g/mol. The Morgan fingerprint density at radius 1 is 1.39 bits per heavy atom. The highest BCUT2D eigenvalue weighted by molar-refractivity contribution is 5.85. The number of ether oxygens (including phenoxy) is 1. The third-order valence-electron chi connectivity index (χ3n) is 4.03. The van der Waals surface area contributed by atoms with Gasteiger partial charge in [-0.2, -0.15) is 0 Å². The first-order chi connectivity index (χ1) is 7.82. The van der Waals surface area contributed by atoms with Crippen molar-refractivity contribution in [3.8, 4) is 0 Å². The maximum Gasteiger partial charge on any atom is 0.410 e. The minimum atomic E-state index is -0.395. The largest absolute Gasteiger partial charge is 0.444 e. The van der Waals surface area contributed by atoms with E-state index < -0.39 is 5.60 Å². The first-order valence-corrected chi connectivity index (χ1v) is 6.51. The molecule has 0 radical (unpaired) electrons. The second-order valence-electron chi connectivity index (χ2n) is 6.54. The summed E-state index contributed by atoms with van der Waals surface area (Å²) in [5.74, 6) is 0.560. The van der Waals surface area contributed by atoms with Gasteiger partial charge in [-0.1, -0.05) is 6.92 Å². The predicted octanol–water partition coefficient (Wildman–Crippen LogP) is 2.27. The van der Waals surface area contributed by atoms with Gasteiger partial charge in [0.25, 0.3) is 0 Å². The Morgan fingerprint density at radius 2 is 2.00 bits per heavy atom. The van der Waals surface area contributed by atoms with Crippen LogP contribution in [0.25, 0.3) is 0 Å². The summed E-state index contributed by atoms with van der Waals surface area (Å²) in [6, 6.07) is 0. The molecule has 1 amide bonds. The van der Waals surface area contributed by atoms with E-state index in [1.54, 1.807) is 0 Å². The molecular weight excluding hydrogens is 252 g/mol. The third kappa shape index (κ3) is 3.09. The molecule has 0 aromatic rings. The molecular formula is C13H25ClN2O2. The average Bonchev–Trinajstić information content (AvgIpc) is 2.12. The summed E-state index contributed by atoms with van der Waals surface area (Å²) in [4.78, 5) is 13.8. The van der Waals surface area contributed by atoms with Crippen LogP contribution in [0.4, 0.5) is 4.79 Å². The minimum absolute atomic E-state index is 0. The van der Waals surface area contributed by atoms with Crippen LogP contribution in [-0.2, 0) is 4.74 Å². The molecule has 0 bridgehead atoms. The Morgan fingerprint density at radius 3 is 2.39 bits per heavy atom. The zero-order valence-corrected chi connectivity index (χ0v) is 12.6. The van der Waals surface area contributed by atoms with Gasteiger partial charge in [-0.15, -0.1) is 12.4 Å². The fraction of sp³-hybridized carbons (Fsp3) is 0.923. The van der Waals surface area contributed by atoms with Crippen LogP contribution < -0.4 is 5.32 Å². The lowest BCUT2D eigenvalue weighted by atomic mass is 9.67. The molecule has 106 valence electrons. The number of carbonyl (C=O) groups excluding carboxylic acids is 1. The Balaban J connectivity index is 0.00000162. The van der Waals surface area contributed by atoms with Gasteiger partial charge in [0.15, 0.2) is 0 Å². The maximum absolute atomic E-state index is 12.0. The van der Waals surface area contributed by atoms with Gasteiger partial charge in [0.1, 0.15) is 5.60 Å². The molecule has 0 aromatic carbocycles. The predicted molar refractivity (Wildman–Crippen MR) is 74.1 cm³/mol. The number of hydrogen-bond acceptors (Lipinski definition) is 3. The van der Waals surface area contributed by atoms with Crippen LogP contribution in [0.5, 0.6) is 0 Å². The Kier molecular flexibility index (Phi) is 4.55. The number of hydrogen-bond donors (Lipinski definition) is 1. The number of nitrogens with one attached hydrogen (secondary N) is 1. The summed E-state index contributed by atoms with van der Waals surface area (Å²) in [6.45, 7) is 11.9. The molecule has 1 spiro atoms. The van der Waals surface area contributed by atoms with Crippen molar-refractivity contribution in [3.05, 3.63) is 0 Å². The molecule has 0 aliphatic carbocycles. The second-order valence-corrected chi connectivity index (χ2v) is 6.54. The van der Waals surface area contributed by atoms with Crippen LogP contribution in [0.15, 0.2) is 0 Å². The number of nitrogens with zero attached hydrogens (tertiary/aromatic N) is 1. The summed E-state index contributed by atoms with van der Waals surface area (Å²) in [5.41, 5.74) is 0.0476. The highest BCUT2D eigenvalue weighted by atomic mass is 35.5. The Labute approximate surface area is 116 Å². The van der Waals surface area contributed by atoms with E-state index in [2.05, 4.69) is 12.2 Å². The number of rotatable bonds is 0. The van der Waals surface area contributed by atoms with E-state index >= 15 is 0 Å². The second kappa shape index (κ2) is 5.25. The molecule has 4 nitrogen and oxygen atoms in total. The van der Waals surface area contributed by atoms with Crippen molar-refractivity contribution in [1.29, 1.82) is 0 Å². The molecule has 2 aliphatic rings. The van der Waals surface area contributed by atoms with Gasteiger partial charge in [0.05, 0.1) is 0 Å². The van der Waals surface area contributed by atoms with E-state index in [1.165, 1.54) is 0 Å². The summed E-state index contributed by atoms with van der Waals surface area (Å²) < 4.78 is 5.42. The van der Waals surface area contributed by atoms with Crippen LogP contribution in [0.2, 0.25) is 0 Å². The number of amides is 1. The molecule has 2 aliphatic heterocycles. The molecule has 0 saturated carbocycles. The Hall–Kier alpha value is -0.480. The summed E-state index contributed by atoms with van der Waals surface area (Å²) in [5, 5.41) is 3.35. The highest BCUT2D eigenvalue weighted by Gasteiger charge is 2.46. The van der Waals surface area contributed by atoms with Gasteiger partial charge < -0.3 is 15.0 Å². The van der Waals surface area contributed by atoms with Crippen molar-refractivity contribution in [2.45, 2.75) is 39.7 Å². The van der Waals surface area contributed by atoms with Gasteiger partial charge in [0, 0.05) is 31.6 Å². The topological polar surface area (TPSA) is 41.6 Å². The quantitative estimate of drug-likeness (QED) is 0.738. The van der Waals surface area contributed by atoms with E-state index in [9.17, 15) is 4.79 Å². The molecule has 18 heavy (non-hydrogen) atoms. The molecule has 2 fully saturated rings. The lowest BCUT2D eigenvalue weighted by Crippen LogP contribution is -2.63. The van der Waals surface area contributed by atoms with Gasteiger partial charge >= 0.3 is 6.09 Å². The molecule has 1 atom stereocenters. The summed E-state index contributed by atoms with van der Waals surface area (Å²) in [6.07, 6.45) is 0.937. The molecule has 1 N–H and O–H groups in total. The fourth-order valence-electron chi connectivity index (χ4n) is 2.68. The van der Waals surface area contributed by atoms with Crippen molar-refractivity contribution < 1.29 is 9.53 Å². The normalized spacial score (nSPS) is 26.2. The van der Waals surface area contributed by atoms with Gasteiger partial charge in [0.2, 0.25) is 0 Å². The molecule has 0 unspecified atom stereocenters. The lowest BCUT2D eigenvalue weighted by Gasteiger charge is -2.52. The van der Waals surface area contributed by atoms with E-state index in [-0.39, 0.29) is 18.5 Å². The van der Waals surface area contributed by atoms with Crippen LogP contribution in [0.3, 0.4) is 0 Å². The number of halogens is 1. The van der Waals surface area contributed by atoms with Gasteiger partial charge in [-0.3, -0.25) is 0 Å². The number of likely N-dealkylation sites (tertiary alicyclic amines) is 1. The molecule has 2 rings (SSSR count). The summed E-state index contributed by atoms with van der Waals surface area (Å²) in [7, 11) is 0. The van der Waals surface area contributed by atoms with E-state index in [0.29, 0.717) is 11.3 Å². The van der Waals surface area contributed by atoms with Crippen molar-refractivity contribution in [1.82, 2.24) is 10.2 Å². The van der Waals surface area contributed by atoms with Crippen molar-refractivity contribution in [2.75, 3.05) is 26.2 Å². The fourth-order valence-corrected chi connectivity index (χ4v) is 2.68. The average molecular weight is 277 g/mol. The third-order valence-corrected chi connectivity index (χ3v) is 4.03. The molecule has 2 saturated heterocycles. The maximum atomic E-state index is 12.0. The molecule has 0 aromatic heterocycles.